The molecule has 6 nitrogen and oxygen atoms in total. The molecule has 1 amide bonds. The topological polar surface area (TPSA) is 54.0 Å². The van der Waals surface area contributed by atoms with E-state index in [1.807, 2.05) is 54.6 Å². The predicted molar refractivity (Wildman–Crippen MR) is 137 cm³/mol. The molecule has 0 spiro atoms. The lowest BCUT2D eigenvalue weighted by molar-refractivity contribution is -0.120. The Hall–Kier alpha value is -3.38. The highest BCUT2D eigenvalue weighted by Crippen LogP contribution is 2.40. The number of nitrogens with one attached hydrogen (secondary N) is 1. The summed E-state index contributed by atoms with van der Waals surface area (Å²) in [6, 6.07) is 21.5. The number of nitrogens with zero attached hydrogens (tertiary/aromatic N) is 2. The van der Waals surface area contributed by atoms with Crippen LogP contribution < -0.4 is 24.6 Å². The molecule has 0 saturated carbocycles. The van der Waals surface area contributed by atoms with Crippen LogP contribution in [0.2, 0.25) is 5.02 Å². The van der Waals surface area contributed by atoms with Crippen molar-refractivity contribution in [2.75, 3.05) is 49.0 Å². The van der Waals surface area contributed by atoms with Crippen LogP contribution in [-0.4, -0.2) is 45.8 Å². The summed E-state index contributed by atoms with van der Waals surface area (Å²) in [4.78, 5) is 18.2. The fourth-order valence-corrected chi connectivity index (χ4v) is 5.30. The average molecular weight is 478 g/mol. The van der Waals surface area contributed by atoms with Crippen molar-refractivity contribution in [2.45, 2.75) is 12.5 Å². The van der Waals surface area contributed by atoms with Gasteiger partial charge in [-0.15, -0.1) is 0 Å². The number of amides is 1. The predicted octanol–water partition coefficient (Wildman–Crippen LogP) is 4.86. The number of hydrogen-bond donors (Lipinski definition) is 1. The number of ether oxygens (including phenoxy) is 2. The molecule has 2 aliphatic heterocycles. The van der Waals surface area contributed by atoms with Crippen LogP contribution in [0.25, 0.3) is 0 Å². The highest BCUT2D eigenvalue weighted by atomic mass is 35.5. The summed E-state index contributed by atoms with van der Waals surface area (Å²) >= 11 is 6.52. The van der Waals surface area contributed by atoms with Gasteiger partial charge < -0.3 is 24.6 Å². The fraction of sp³-hybridized carbons (Fsp3) is 0.296. The van der Waals surface area contributed by atoms with Crippen molar-refractivity contribution in [2.24, 2.45) is 5.92 Å². The van der Waals surface area contributed by atoms with E-state index in [1.165, 1.54) is 0 Å². The van der Waals surface area contributed by atoms with Crippen molar-refractivity contribution in [1.82, 2.24) is 0 Å². The molecule has 2 heterocycles. The van der Waals surface area contributed by atoms with Gasteiger partial charge in [0.25, 0.3) is 0 Å². The SMILES string of the molecule is COc1ccc(NC(=O)[C@H]2Cc3ccc(OC)cc3N3CCN(c4ccccc4Cl)C[C@H]23)cc1. The van der Waals surface area contributed by atoms with Gasteiger partial charge in [-0.05, 0) is 54.4 Å². The van der Waals surface area contributed by atoms with Crippen LogP contribution in [0.5, 0.6) is 11.5 Å². The molecule has 1 N–H and O–H groups in total. The van der Waals surface area contributed by atoms with E-state index in [0.29, 0.717) is 13.0 Å². The number of rotatable bonds is 5. The molecule has 176 valence electrons. The number of hydrogen-bond acceptors (Lipinski definition) is 5. The van der Waals surface area contributed by atoms with Crippen LogP contribution in [0.1, 0.15) is 5.56 Å². The molecule has 0 unspecified atom stereocenters. The van der Waals surface area contributed by atoms with Gasteiger partial charge in [0.15, 0.2) is 0 Å². The van der Waals surface area contributed by atoms with Crippen molar-refractivity contribution in [3.8, 4) is 11.5 Å². The monoisotopic (exact) mass is 477 g/mol. The van der Waals surface area contributed by atoms with E-state index in [2.05, 4.69) is 27.2 Å². The number of piperazine rings is 1. The zero-order valence-electron chi connectivity index (χ0n) is 19.3. The molecule has 3 aromatic rings. The number of carbonyl (C=O) groups is 1. The first-order valence-corrected chi connectivity index (χ1v) is 11.8. The van der Waals surface area contributed by atoms with Crippen LogP contribution in [0.15, 0.2) is 66.7 Å². The van der Waals surface area contributed by atoms with Crippen LogP contribution in [0, 0.1) is 5.92 Å². The van der Waals surface area contributed by atoms with Gasteiger partial charge >= 0.3 is 0 Å². The quantitative estimate of drug-likeness (QED) is 0.568. The summed E-state index contributed by atoms with van der Waals surface area (Å²) in [6.07, 6.45) is 0.666. The third-order valence-electron chi connectivity index (χ3n) is 6.81. The molecule has 1 saturated heterocycles. The maximum Gasteiger partial charge on any atom is 0.229 e. The zero-order valence-corrected chi connectivity index (χ0v) is 20.1. The minimum Gasteiger partial charge on any atom is -0.497 e. The van der Waals surface area contributed by atoms with Gasteiger partial charge in [-0.25, -0.2) is 0 Å². The van der Waals surface area contributed by atoms with Crippen molar-refractivity contribution in [1.29, 1.82) is 0 Å². The molecule has 1 fully saturated rings. The van der Waals surface area contributed by atoms with E-state index in [9.17, 15) is 4.79 Å². The second-order valence-electron chi connectivity index (χ2n) is 8.68. The standard InChI is InChI=1S/C27H28ClN3O3/c1-33-20-11-8-19(9-12-20)29-27(32)22-15-18-7-10-21(34-2)16-25(18)31-14-13-30(17-26(22)31)24-6-4-3-5-23(24)28/h3-12,16,22,26H,13-15,17H2,1-2H3,(H,29,32)/t22-,26+/m0/s1. The minimum atomic E-state index is -0.215. The molecule has 7 heteroatoms. The number of benzene rings is 3. The largest absolute Gasteiger partial charge is 0.497 e. The highest BCUT2D eigenvalue weighted by Gasteiger charge is 2.42. The molecule has 0 radical (unpaired) electrons. The van der Waals surface area contributed by atoms with Crippen molar-refractivity contribution in [3.05, 3.63) is 77.3 Å². The van der Waals surface area contributed by atoms with E-state index in [0.717, 1.165) is 52.2 Å². The second kappa shape index (κ2) is 9.47. The van der Waals surface area contributed by atoms with Gasteiger partial charge in [0.05, 0.1) is 36.9 Å². The summed E-state index contributed by atoms with van der Waals surface area (Å²) in [5, 5.41) is 3.85. The molecular weight excluding hydrogens is 450 g/mol. The van der Waals surface area contributed by atoms with Crippen molar-refractivity contribution >= 4 is 34.6 Å². The molecule has 5 rings (SSSR count). The summed E-state index contributed by atoms with van der Waals surface area (Å²) in [5.41, 5.74) is 4.08. The van der Waals surface area contributed by atoms with Crippen LogP contribution >= 0.6 is 11.6 Å². The van der Waals surface area contributed by atoms with Crippen LogP contribution in [0.3, 0.4) is 0 Å². The molecular formula is C27H28ClN3O3. The maximum absolute atomic E-state index is 13.6. The third-order valence-corrected chi connectivity index (χ3v) is 7.13. The summed E-state index contributed by atoms with van der Waals surface area (Å²) < 4.78 is 10.7. The van der Waals surface area contributed by atoms with E-state index < -0.39 is 0 Å². The molecule has 0 aromatic heterocycles. The molecule has 0 aliphatic carbocycles. The van der Waals surface area contributed by atoms with Gasteiger partial charge in [-0.2, -0.15) is 0 Å². The minimum absolute atomic E-state index is 0.00266. The Balaban J connectivity index is 1.46. The van der Waals surface area contributed by atoms with E-state index in [1.54, 1.807) is 14.2 Å². The first-order valence-electron chi connectivity index (χ1n) is 11.5. The number of fused-ring (bicyclic) bond motifs is 3. The lowest BCUT2D eigenvalue weighted by atomic mass is 9.83. The van der Waals surface area contributed by atoms with Gasteiger partial charge in [0.1, 0.15) is 11.5 Å². The molecule has 2 atom stereocenters. The number of carbonyl (C=O) groups excluding carboxylic acids is 1. The Kier molecular flexibility index (Phi) is 6.24. The number of methoxy groups -OCH3 is 2. The number of anilines is 3. The summed E-state index contributed by atoms with van der Waals surface area (Å²) in [6.45, 7) is 2.33. The molecule has 34 heavy (non-hydrogen) atoms. The van der Waals surface area contributed by atoms with Crippen molar-refractivity contribution in [3.63, 3.8) is 0 Å². The van der Waals surface area contributed by atoms with Crippen LogP contribution in [-0.2, 0) is 11.2 Å². The number of para-hydroxylation sites is 1. The number of halogens is 1. The third kappa shape index (κ3) is 4.26. The normalized spacial score (nSPS) is 19.1. The lowest BCUT2D eigenvalue weighted by Crippen LogP contribution is -2.60. The first-order chi connectivity index (χ1) is 16.6. The summed E-state index contributed by atoms with van der Waals surface area (Å²) in [5.74, 6) is 1.38. The van der Waals surface area contributed by atoms with Crippen molar-refractivity contribution < 1.29 is 14.3 Å². The van der Waals surface area contributed by atoms with E-state index in [4.69, 9.17) is 21.1 Å². The van der Waals surface area contributed by atoms with Crippen LogP contribution in [0.4, 0.5) is 17.1 Å². The van der Waals surface area contributed by atoms with Gasteiger partial charge in [0.2, 0.25) is 5.91 Å². The first kappa shape index (κ1) is 22.4. The maximum atomic E-state index is 13.6. The Morgan fingerprint density at radius 2 is 1.68 bits per heavy atom. The molecule has 2 aliphatic rings. The Morgan fingerprint density at radius 1 is 0.941 bits per heavy atom. The smallest absolute Gasteiger partial charge is 0.229 e. The van der Waals surface area contributed by atoms with E-state index >= 15 is 0 Å². The Morgan fingerprint density at radius 3 is 2.41 bits per heavy atom. The Labute approximate surface area is 205 Å². The summed E-state index contributed by atoms with van der Waals surface area (Å²) in [7, 11) is 3.31. The highest BCUT2D eigenvalue weighted by molar-refractivity contribution is 6.33. The van der Waals surface area contributed by atoms with Gasteiger partial charge in [0, 0.05) is 37.1 Å². The fourth-order valence-electron chi connectivity index (χ4n) is 5.04. The Bertz CT molecular complexity index is 1180. The second-order valence-corrected chi connectivity index (χ2v) is 9.09. The zero-order chi connectivity index (χ0) is 23.7. The van der Waals surface area contributed by atoms with Gasteiger partial charge in [-0.3, -0.25) is 4.79 Å². The van der Waals surface area contributed by atoms with Gasteiger partial charge in [-0.1, -0.05) is 29.8 Å². The lowest BCUT2D eigenvalue weighted by Gasteiger charge is -2.49. The average Bonchev–Trinajstić information content (AvgIpc) is 2.88. The van der Waals surface area contributed by atoms with E-state index in [-0.39, 0.29) is 17.9 Å². The molecule has 3 aromatic carbocycles. The molecule has 0 bridgehead atoms.